The van der Waals surface area contributed by atoms with Crippen LogP contribution < -0.4 is 10.1 Å². The van der Waals surface area contributed by atoms with Crippen LogP contribution in [0.15, 0.2) is 16.9 Å². The average molecular weight is 234 g/mol. The van der Waals surface area contributed by atoms with E-state index in [1.165, 1.54) is 0 Å². The van der Waals surface area contributed by atoms with Gasteiger partial charge in [-0.2, -0.15) is 4.98 Å². The molecule has 2 aromatic rings. The molecule has 6 heteroatoms. The first-order valence-electron chi connectivity index (χ1n) is 5.22. The van der Waals surface area contributed by atoms with Crippen LogP contribution in [0.25, 0.3) is 0 Å². The van der Waals surface area contributed by atoms with Gasteiger partial charge in [0.25, 0.3) is 0 Å². The Morgan fingerprint density at radius 3 is 2.82 bits per heavy atom. The van der Waals surface area contributed by atoms with Gasteiger partial charge in [-0.15, -0.1) is 0 Å². The molecule has 0 aliphatic rings. The number of hydrogen-bond acceptors (Lipinski definition) is 6. The molecule has 90 valence electrons. The van der Waals surface area contributed by atoms with Crippen LogP contribution in [0.1, 0.15) is 17.0 Å². The summed E-state index contributed by atoms with van der Waals surface area (Å²) in [5.41, 5.74) is 2.68. The summed E-state index contributed by atoms with van der Waals surface area (Å²) in [6, 6.07) is 1.77. The van der Waals surface area contributed by atoms with Gasteiger partial charge in [0, 0.05) is 17.3 Å². The second-order valence-corrected chi connectivity index (χ2v) is 3.67. The lowest BCUT2D eigenvalue weighted by Crippen LogP contribution is -2.06. The molecule has 2 aromatic heterocycles. The Hall–Kier alpha value is -2.11. The van der Waals surface area contributed by atoms with Gasteiger partial charge in [0.15, 0.2) is 0 Å². The SMILES string of the molecule is COc1cc(C)nc(NCc2nocc2C)n1. The zero-order valence-electron chi connectivity index (χ0n) is 10.0. The largest absolute Gasteiger partial charge is 0.481 e. The van der Waals surface area contributed by atoms with Gasteiger partial charge in [-0.1, -0.05) is 5.16 Å². The van der Waals surface area contributed by atoms with Crippen molar-refractivity contribution < 1.29 is 9.26 Å². The maximum atomic E-state index is 5.07. The fourth-order valence-electron chi connectivity index (χ4n) is 1.37. The number of anilines is 1. The van der Waals surface area contributed by atoms with E-state index in [2.05, 4.69) is 20.4 Å². The van der Waals surface area contributed by atoms with Crippen LogP contribution in [0.5, 0.6) is 5.88 Å². The van der Waals surface area contributed by atoms with Crippen LogP contribution in [0.2, 0.25) is 0 Å². The number of nitrogens with one attached hydrogen (secondary N) is 1. The Bertz CT molecular complexity index is 510. The number of rotatable bonds is 4. The summed E-state index contributed by atoms with van der Waals surface area (Å²) >= 11 is 0. The van der Waals surface area contributed by atoms with E-state index in [1.807, 2.05) is 13.8 Å². The molecule has 6 nitrogen and oxygen atoms in total. The summed E-state index contributed by atoms with van der Waals surface area (Å²) in [6.07, 6.45) is 1.61. The molecule has 0 radical (unpaired) electrons. The summed E-state index contributed by atoms with van der Waals surface area (Å²) < 4.78 is 9.92. The number of methoxy groups -OCH3 is 1. The highest BCUT2D eigenvalue weighted by molar-refractivity contribution is 5.31. The van der Waals surface area contributed by atoms with Gasteiger partial charge < -0.3 is 14.6 Å². The minimum absolute atomic E-state index is 0.518. The number of aryl methyl sites for hydroxylation is 2. The van der Waals surface area contributed by atoms with Crippen molar-refractivity contribution in [2.75, 3.05) is 12.4 Å². The first-order chi connectivity index (χ1) is 8.19. The molecule has 0 fully saturated rings. The molecular formula is C11H14N4O2. The van der Waals surface area contributed by atoms with Crippen LogP contribution in [-0.2, 0) is 6.54 Å². The number of ether oxygens (including phenoxy) is 1. The normalized spacial score (nSPS) is 10.3. The quantitative estimate of drug-likeness (QED) is 0.868. The van der Waals surface area contributed by atoms with Gasteiger partial charge in [-0.25, -0.2) is 4.98 Å². The summed E-state index contributed by atoms with van der Waals surface area (Å²) in [4.78, 5) is 8.43. The minimum atomic E-state index is 0.518. The van der Waals surface area contributed by atoms with Gasteiger partial charge in [0.1, 0.15) is 12.0 Å². The second kappa shape index (κ2) is 4.82. The third-order valence-electron chi connectivity index (χ3n) is 2.30. The molecule has 0 aliphatic heterocycles. The first-order valence-corrected chi connectivity index (χ1v) is 5.22. The van der Waals surface area contributed by atoms with E-state index in [1.54, 1.807) is 19.4 Å². The van der Waals surface area contributed by atoms with Gasteiger partial charge in [0.05, 0.1) is 13.7 Å². The fraction of sp³-hybridized carbons (Fsp3) is 0.364. The molecule has 1 N–H and O–H groups in total. The van der Waals surface area contributed by atoms with Crippen molar-refractivity contribution in [3.63, 3.8) is 0 Å². The van der Waals surface area contributed by atoms with E-state index in [-0.39, 0.29) is 0 Å². The fourth-order valence-corrected chi connectivity index (χ4v) is 1.37. The molecule has 0 atom stereocenters. The van der Waals surface area contributed by atoms with Crippen molar-refractivity contribution >= 4 is 5.95 Å². The summed E-state index contributed by atoms with van der Waals surface area (Å²) in [7, 11) is 1.58. The maximum absolute atomic E-state index is 5.07. The standard InChI is InChI=1S/C11H14N4O2/c1-7-6-17-15-9(7)5-12-11-13-8(2)4-10(14-11)16-3/h4,6H,5H2,1-3H3,(H,12,13,14). The minimum Gasteiger partial charge on any atom is -0.481 e. The topological polar surface area (TPSA) is 73.1 Å². The Labute approximate surface area is 99.0 Å². The summed E-state index contributed by atoms with van der Waals surface area (Å²) in [5, 5.41) is 6.95. The molecule has 2 heterocycles. The summed E-state index contributed by atoms with van der Waals surface area (Å²) in [5.74, 6) is 1.06. The van der Waals surface area contributed by atoms with Crippen molar-refractivity contribution in [3.8, 4) is 5.88 Å². The number of hydrogen-bond donors (Lipinski definition) is 1. The molecular weight excluding hydrogens is 220 g/mol. The van der Waals surface area contributed by atoms with E-state index in [0.717, 1.165) is 17.0 Å². The molecule has 0 aromatic carbocycles. The van der Waals surface area contributed by atoms with Gasteiger partial charge >= 0.3 is 0 Å². The predicted octanol–water partition coefficient (Wildman–Crippen LogP) is 1.70. The van der Waals surface area contributed by atoms with Crippen LogP contribution in [0.4, 0.5) is 5.95 Å². The van der Waals surface area contributed by atoms with Crippen LogP contribution >= 0.6 is 0 Å². The van der Waals surface area contributed by atoms with E-state index in [9.17, 15) is 0 Å². The van der Waals surface area contributed by atoms with Crippen LogP contribution in [-0.4, -0.2) is 22.2 Å². The zero-order valence-corrected chi connectivity index (χ0v) is 10.0. The molecule has 17 heavy (non-hydrogen) atoms. The second-order valence-electron chi connectivity index (χ2n) is 3.67. The maximum Gasteiger partial charge on any atom is 0.226 e. The predicted molar refractivity (Wildman–Crippen MR) is 61.9 cm³/mol. The van der Waals surface area contributed by atoms with Crippen molar-refractivity contribution in [2.45, 2.75) is 20.4 Å². The van der Waals surface area contributed by atoms with Crippen molar-refractivity contribution in [2.24, 2.45) is 0 Å². The molecule has 0 spiro atoms. The smallest absolute Gasteiger partial charge is 0.226 e. The molecule has 0 unspecified atom stereocenters. The Balaban J connectivity index is 2.09. The molecule has 2 rings (SSSR count). The van der Waals surface area contributed by atoms with E-state index in [0.29, 0.717) is 18.4 Å². The molecule has 0 amide bonds. The van der Waals surface area contributed by atoms with E-state index >= 15 is 0 Å². The molecule has 0 aliphatic carbocycles. The van der Waals surface area contributed by atoms with Gasteiger partial charge in [-0.05, 0) is 13.8 Å². The van der Waals surface area contributed by atoms with Crippen LogP contribution in [0, 0.1) is 13.8 Å². The monoisotopic (exact) mass is 234 g/mol. The van der Waals surface area contributed by atoms with E-state index < -0.39 is 0 Å². The third-order valence-corrected chi connectivity index (χ3v) is 2.30. The Morgan fingerprint density at radius 2 is 2.18 bits per heavy atom. The highest BCUT2D eigenvalue weighted by Gasteiger charge is 2.05. The van der Waals surface area contributed by atoms with Crippen molar-refractivity contribution in [1.82, 2.24) is 15.1 Å². The van der Waals surface area contributed by atoms with Crippen LogP contribution in [0.3, 0.4) is 0 Å². The summed E-state index contributed by atoms with van der Waals surface area (Å²) in [6.45, 7) is 4.34. The van der Waals surface area contributed by atoms with Crippen molar-refractivity contribution in [3.05, 3.63) is 29.3 Å². The first kappa shape index (κ1) is 11.4. The van der Waals surface area contributed by atoms with E-state index in [4.69, 9.17) is 9.26 Å². The molecule has 0 saturated heterocycles. The lowest BCUT2D eigenvalue weighted by Gasteiger charge is -2.06. The zero-order chi connectivity index (χ0) is 12.3. The third kappa shape index (κ3) is 2.72. The average Bonchev–Trinajstić information content (AvgIpc) is 2.71. The lowest BCUT2D eigenvalue weighted by molar-refractivity contribution is 0.397. The highest BCUT2D eigenvalue weighted by atomic mass is 16.5. The Kier molecular flexibility index (Phi) is 3.22. The van der Waals surface area contributed by atoms with Gasteiger partial charge in [-0.3, -0.25) is 0 Å². The van der Waals surface area contributed by atoms with Crippen molar-refractivity contribution in [1.29, 1.82) is 0 Å². The molecule has 0 bridgehead atoms. The number of nitrogens with zero attached hydrogens (tertiary/aromatic N) is 3. The molecule has 0 saturated carbocycles. The number of aromatic nitrogens is 3. The lowest BCUT2D eigenvalue weighted by atomic mass is 10.3. The Morgan fingerprint density at radius 1 is 1.35 bits per heavy atom. The highest BCUT2D eigenvalue weighted by Crippen LogP contribution is 2.12. The van der Waals surface area contributed by atoms with Gasteiger partial charge in [0.2, 0.25) is 11.8 Å².